The van der Waals surface area contributed by atoms with Crippen molar-refractivity contribution in [2.75, 3.05) is 7.11 Å². The van der Waals surface area contributed by atoms with Crippen LogP contribution in [0.2, 0.25) is 0 Å². The molecule has 1 atom stereocenters. The molecule has 0 aliphatic heterocycles. The normalized spacial score (nSPS) is 21.3. The fraction of sp³-hybridized carbons (Fsp3) is 0.438. The van der Waals surface area contributed by atoms with Crippen molar-refractivity contribution in [1.82, 2.24) is 0 Å². The molecular formula is C16H20O3. The lowest BCUT2D eigenvalue weighted by Gasteiger charge is -2.25. The highest BCUT2D eigenvalue weighted by Crippen LogP contribution is 2.32. The molecule has 1 aliphatic carbocycles. The molecule has 2 rings (SSSR count). The summed E-state index contributed by atoms with van der Waals surface area (Å²) in [6.45, 7) is 0. The SMILES string of the molecule is COc1cccc(CC2CCCCC2=CC(=O)O)c1. The quantitative estimate of drug-likeness (QED) is 0.843. The number of carboxylic acid groups (broad SMARTS) is 1. The summed E-state index contributed by atoms with van der Waals surface area (Å²) in [6.07, 6.45) is 6.59. The minimum Gasteiger partial charge on any atom is -0.497 e. The topological polar surface area (TPSA) is 46.5 Å². The van der Waals surface area contributed by atoms with Crippen LogP contribution in [0, 0.1) is 5.92 Å². The first-order valence-electron chi connectivity index (χ1n) is 6.75. The van der Waals surface area contributed by atoms with Crippen LogP contribution in [0.4, 0.5) is 0 Å². The third-order valence-corrected chi connectivity index (χ3v) is 3.72. The fourth-order valence-electron chi connectivity index (χ4n) is 2.78. The Hall–Kier alpha value is -1.77. The average molecular weight is 260 g/mol. The highest BCUT2D eigenvalue weighted by Gasteiger charge is 2.20. The summed E-state index contributed by atoms with van der Waals surface area (Å²) in [4.78, 5) is 10.9. The molecule has 1 saturated carbocycles. The summed E-state index contributed by atoms with van der Waals surface area (Å²) in [5.74, 6) is 0.390. The minimum absolute atomic E-state index is 0.358. The van der Waals surface area contributed by atoms with Crippen molar-refractivity contribution in [2.45, 2.75) is 32.1 Å². The zero-order valence-corrected chi connectivity index (χ0v) is 11.3. The van der Waals surface area contributed by atoms with Crippen LogP contribution in [-0.2, 0) is 11.2 Å². The third-order valence-electron chi connectivity index (χ3n) is 3.72. The smallest absolute Gasteiger partial charge is 0.328 e. The largest absolute Gasteiger partial charge is 0.497 e. The van der Waals surface area contributed by atoms with Gasteiger partial charge in [0.15, 0.2) is 0 Å². The van der Waals surface area contributed by atoms with Gasteiger partial charge in [0, 0.05) is 6.08 Å². The molecular weight excluding hydrogens is 240 g/mol. The monoisotopic (exact) mass is 260 g/mol. The summed E-state index contributed by atoms with van der Waals surface area (Å²) >= 11 is 0. The Kier molecular flexibility index (Phi) is 4.61. The lowest BCUT2D eigenvalue weighted by molar-refractivity contribution is -0.131. The first-order chi connectivity index (χ1) is 9.19. The van der Waals surface area contributed by atoms with Crippen molar-refractivity contribution in [3.63, 3.8) is 0 Å². The van der Waals surface area contributed by atoms with E-state index in [4.69, 9.17) is 9.84 Å². The number of benzene rings is 1. The van der Waals surface area contributed by atoms with E-state index in [0.29, 0.717) is 5.92 Å². The summed E-state index contributed by atoms with van der Waals surface area (Å²) in [7, 11) is 1.66. The zero-order valence-electron chi connectivity index (χ0n) is 11.3. The molecule has 0 spiro atoms. The van der Waals surface area contributed by atoms with Crippen LogP contribution in [0.3, 0.4) is 0 Å². The van der Waals surface area contributed by atoms with Crippen LogP contribution in [0.1, 0.15) is 31.2 Å². The van der Waals surface area contributed by atoms with E-state index < -0.39 is 5.97 Å². The number of aliphatic carboxylic acids is 1. The molecule has 102 valence electrons. The predicted molar refractivity (Wildman–Crippen MR) is 74.4 cm³/mol. The van der Waals surface area contributed by atoms with Gasteiger partial charge in [-0.3, -0.25) is 0 Å². The van der Waals surface area contributed by atoms with Crippen molar-refractivity contribution in [3.05, 3.63) is 41.5 Å². The summed E-state index contributed by atoms with van der Waals surface area (Å²) in [5.41, 5.74) is 2.30. The average Bonchev–Trinajstić information content (AvgIpc) is 2.41. The van der Waals surface area contributed by atoms with Crippen LogP contribution in [0.25, 0.3) is 0 Å². The van der Waals surface area contributed by atoms with E-state index >= 15 is 0 Å². The van der Waals surface area contributed by atoms with Crippen LogP contribution in [-0.4, -0.2) is 18.2 Å². The van der Waals surface area contributed by atoms with Crippen LogP contribution in [0.15, 0.2) is 35.9 Å². The van der Waals surface area contributed by atoms with Crippen LogP contribution in [0.5, 0.6) is 5.75 Å². The Labute approximate surface area is 113 Å². The number of allylic oxidation sites excluding steroid dienone is 1. The van der Waals surface area contributed by atoms with E-state index in [1.165, 1.54) is 18.1 Å². The Morgan fingerprint density at radius 2 is 2.32 bits per heavy atom. The number of carboxylic acids is 1. The Morgan fingerprint density at radius 3 is 3.05 bits per heavy atom. The van der Waals surface area contributed by atoms with Crippen molar-refractivity contribution in [3.8, 4) is 5.75 Å². The van der Waals surface area contributed by atoms with Gasteiger partial charge >= 0.3 is 5.97 Å². The Balaban J connectivity index is 2.12. The van der Waals surface area contributed by atoms with Gasteiger partial charge in [0.05, 0.1) is 7.11 Å². The zero-order chi connectivity index (χ0) is 13.7. The van der Waals surface area contributed by atoms with E-state index in [9.17, 15) is 4.79 Å². The molecule has 19 heavy (non-hydrogen) atoms. The van der Waals surface area contributed by atoms with Crippen LogP contribution < -0.4 is 4.74 Å². The molecule has 3 nitrogen and oxygen atoms in total. The Morgan fingerprint density at radius 1 is 1.47 bits per heavy atom. The number of carbonyl (C=O) groups is 1. The lowest BCUT2D eigenvalue weighted by atomic mass is 9.80. The van der Waals surface area contributed by atoms with E-state index in [1.54, 1.807) is 7.11 Å². The van der Waals surface area contributed by atoms with Gasteiger partial charge in [0.2, 0.25) is 0 Å². The van der Waals surface area contributed by atoms with Crippen LogP contribution >= 0.6 is 0 Å². The van der Waals surface area contributed by atoms with Gasteiger partial charge in [-0.1, -0.05) is 24.1 Å². The molecule has 0 saturated heterocycles. The number of hydrogen-bond acceptors (Lipinski definition) is 2. The first-order valence-corrected chi connectivity index (χ1v) is 6.75. The minimum atomic E-state index is -0.826. The molecule has 0 amide bonds. The van der Waals surface area contributed by atoms with Gasteiger partial charge in [0.25, 0.3) is 0 Å². The van der Waals surface area contributed by atoms with E-state index in [-0.39, 0.29) is 0 Å². The molecule has 1 aromatic rings. The lowest BCUT2D eigenvalue weighted by Crippen LogP contribution is -2.14. The number of ether oxygens (including phenoxy) is 1. The molecule has 3 heteroatoms. The van der Waals surface area contributed by atoms with E-state index in [2.05, 4.69) is 6.07 Å². The third kappa shape index (κ3) is 3.85. The molecule has 1 unspecified atom stereocenters. The molecule has 0 bridgehead atoms. The maximum Gasteiger partial charge on any atom is 0.328 e. The molecule has 0 radical (unpaired) electrons. The highest BCUT2D eigenvalue weighted by atomic mass is 16.5. The van der Waals surface area contributed by atoms with E-state index in [0.717, 1.165) is 37.0 Å². The second kappa shape index (κ2) is 6.41. The maximum atomic E-state index is 10.9. The first kappa shape index (κ1) is 13.7. The van der Waals surface area contributed by atoms with Crippen molar-refractivity contribution in [2.24, 2.45) is 5.92 Å². The van der Waals surface area contributed by atoms with Crippen molar-refractivity contribution >= 4 is 5.97 Å². The highest BCUT2D eigenvalue weighted by molar-refractivity contribution is 5.80. The van der Waals surface area contributed by atoms with E-state index in [1.807, 2.05) is 18.2 Å². The van der Waals surface area contributed by atoms with Crippen molar-refractivity contribution < 1.29 is 14.6 Å². The predicted octanol–water partition coefficient (Wildman–Crippen LogP) is 3.44. The molecule has 0 heterocycles. The molecule has 1 aromatic carbocycles. The molecule has 0 aromatic heterocycles. The van der Waals surface area contributed by atoms with Gasteiger partial charge in [-0.15, -0.1) is 0 Å². The summed E-state index contributed by atoms with van der Waals surface area (Å²) in [6, 6.07) is 8.03. The number of hydrogen-bond donors (Lipinski definition) is 1. The van der Waals surface area contributed by atoms with Gasteiger partial charge < -0.3 is 9.84 Å². The van der Waals surface area contributed by atoms with Crippen molar-refractivity contribution in [1.29, 1.82) is 0 Å². The summed E-state index contributed by atoms with van der Waals surface area (Å²) in [5, 5.41) is 8.94. The second-order valence-corrected chi connectivity index (χ2v) is 5.06. The molecule has 1 N–H and O–H groups in total. The maximum absolute atomic E-state index is 10.9. The molecule has 1 aliphatic rings. The fourth-order valence-corrected chi connectivity index (χ4v) is 2.78. The number of rotatable bonds is 4. The van der Waals surface area contributed by atoms with Gasteiger partial charge in [-0.05, 0) is 49.3 Å². The van der Waals surface area contributed by atoms with Gasteiger partial charge in [-0.2, -0.15) is 0 Å². The Bertz CT molecular complexity index is 477. The second-order valence-electron chi connectivity index (χ2n) is 5.06. The number of methoxy groups -OCH3 is 1. The molecule has 1 fully saturated rings. The summed E-state index contributed by atoms with van der Waals surface area (Å²) < 4.78 is 5.23. The standard InChI is InChI=1S/C16H20O3/c1-19-15-8-4-5-12(10-15)9-13-6-2-3-7-14(13)11-16(17)18/h4-5,8,10-11,13H,2-3,6-7,9H2,1H3,(H,17,18). The van der Waals surface area contributed by atoms with Gasteiger partial charge in [-0.25, -0.2) is 4.79 Å². The van der Waals surface area contributed by atoms with Gasteiger partial charge in [0.1, 0.15) is 5.75 Å².